The van der Waals surface area contributed by atoms with Gasteiger partial charge in [0, 0.05) is 24.2 Å². The molecule has 3 rings (SSSR count). The van der Waals surface area contributed by atoms with Crippen molar-refractivity contribution < 1.29 is 9.59 Å². The third kappa shape index (κ3) is 4.52. The van der Waals surface area contributed by atoms with Crippen LogP contribution in [0.4, 0.5) is 5.69 Å². The van der Waals surface area contributed by atoms with Gasteiger partial charge in [-0.1, -0.05) is 41.9 Å². The minimum atomic E-state index is -0.302. The summed E-state index contributed by atoms with van der Waals surface area (Å²) in [5, 5.41) is 3.38. The Bertz CT molecular complexity index is 826. The maximum atomic E-state index is 12.8. The van der Waals surface area contributed by atoms with E-state index in [1.54, 1.807) is 30.3 Å². The average molecular weight is 369 g/mol. The highest BCUT2D eigenvalue weighted by molar-refractivity contribution is 6.32. The van der Waals surface area contributed by atoms with Crippen LogP contribution in [0.2, 0.25) is 5.02 Å². The van der Waals surface area contributed by atoms with Crippen molar-refractivity contribution in [3.8, 4) is 0 Å². The smallest absolute Gasteiger partial charge is 0.255 e. The van der Waals surface area contributed by atoms with Crippen LogP contribution in [0.5, 0.6) is 0 Å². The molecule has 1 fully saturated rings. The highest BCUT2D eigenvalue weighted by Gasteiger charge is 2.20. The van der Waals surface area contributed by atoms with E-state index in [9.17, 15) is 9.59 Å². The van der Waals surface area contributed by atoms with E-state index in [1.165, 1.54) is 6.08 Å². The van der Waals surface area contributed by atoms with Gasteiger partial charge in [-0.05, 0) is 49.1 Å². The molecule has 0 aliphatic carbocycles. The summed E-state index contributed by atoms with van der Waals surface area (Å²) in [4.78, 5) is 26.9. The first-order valence-corrected chi connectivity index (χ1v) is 9.15. The second kappa shape index (κ2) is 8.68. The molecular formula is C21H21ClN2O2. The van der Waals surface area contributed by atoms with Gasteiger partial charge in [-0.2, -0.15) is 0 Å². The maximum Gasteiger partial charge on any atom is 0.255 e. The Kier molecular flexibility index (Phi) is 6.08. The van der Waals surface area contributed by atoms with Gasteiger partial charge in [-0.15, -0.1) is 0 Å². The van der Waals surface area contributed by atoms with Crippen LogP contribution in [0, 0.1) is 0 Å². The molecule has 2 amide bonds. The van der Waals surface area contributed by atoms with Crippen LogP contribution in [0.1, 0.15) is 35.2 Å². The van der Waals surface area contributed by atoms with Gasteiger partial charge in [0.2, 0.25) is 5.91 Å². The van der Waals surface area contributed by atoms with Gasteiger partial charge in [0.25, 0.3) is 5.91 Å². The van der Waals surface area contributed by atoms with Crippen molar-refractivity contribution in [3.05, 3.63) is 70.8 Å². The molecule has 0 radical (unpaired) electrons. The molecule has 1 N–H and O–H groups in total. The number of rotatable bonds is 4. The molecule has 5 heteroatoms. The summed E-state index contributed by atoms with van der Waals surface area (Å²) in [6, 6.07) is 14.4. The van der Waals surface area contributed by atoms with Crippen LogP contribution in [-0.2, 0) is 4.79 Å². The standard InChI is InChI=1S/C21H21ClN2O2/c22-18-10-4-2-8-16(18)12-13-20(25)23-19-11-5-3-9-17(19)21(26)24-14-6-1-7-15-24/h2-5,8-13H,1,6-7,14-15H2,(H,23,25). The Hall–Kier alpha value is -2.59. The lowest BCUT2D eigenvalue weighted by Gasteiger charge is -2.27. The Morgan fingerprint density at radius 2 is 1.65 bits per heavy atom. The van der Waals surface area contributed by atoms with Gasteiger partial charge in [-0.25, -0.2) is 0 Å². The lowest BCUT2D eigenvalue weighted by molar-refractivity contribution is -0.111. The number of para-hydroxylation sites is 1. The average Bonchev–Trinajstić information content (AvgIpc) is 2.68. The molecule has 0 saturated carbocycles. The van der Waals surface area contributed by atoms with Gasteiger partial charge in [0.1, 0.15) is 0 Å². The molecule has 0 spiro atoms. The second-order valence-electron chi connectivity index (χ2n) is 6.24. The maximum absolute atomic E-state index is 12.8. The third-order valence-electron chi connectivity index (χ3n) is 4.38. The summed E-state index contributed by atoms with van der Waals surface area (Å²) < 4.78 is 0. The molecule has 4 nitrogen and oxygen atoms in total. The quantitative estimate of drug-likeness (QED) is 0.800. The molecule has 1 saturated heterocycles. The summed E-state index contributed by atoms with van der Waals surface area (Å²) in [5.74, 6) is -0.334. The van der Waals surface area contributed by atoms with E-state index >= 15 is 0 Å². The van der Waals surface area contributed by atoms with E-state index in [4.69, 9.17) is 11.6 Å². The van der Waals surface area contributed by atoms with E-state index in [1.807, 2.05) is 29.2 Å². The summed E-state index contributed by atoms with van der Waals surface area (Å²) in [5.41, 5.74) is 1.81. The lowest BCUT2D eigenvalue weighted by atomic mass is 10.1. The third-order valence-corrected chi connectivity index (χ3v) is 4.72. The summed E-state index contributed by atoms with van der Waals surface area (Å²) in [6.07, 6.45) is 6.30. The fourth-order valence-electron chi connectivity index (χ4n) is 3.00. The first-order valence-electron chi connectivity index (χ1n) is 8.77. The molecule has 0 aromatic heterocycles. The number of amides is 2. The number of hydrogen-bond donors (Lipinski definition) is 1. The van der Waals surface area contributed by atoms with Crippen molar-refractivity contribution in [2.45, 2.75) is 19.3 Å². The monoisotopic (exact) mass is 368 g/mol. The molecule has 2 aromatic carbocycles. The van der Waals surface area contributed by atoms with E-state index in [2.05, 4.69) is 5.32 Å². The van der Waals surface area contributed by atoms with Crippen molar-refractivity contribution in [3.63, 3.8) is 0 Å². The highest BCUT2D eigenvalue weighted by atomic mass is 35.5. The molecule has 1 heterocycles. The van der Waals surface area contributed by atoms with Crippen LogP contribution in [0.15, 0.2) is 54.6 Å². The van der Waals surface area contributed by atoms with Crippen LogP contribution in [-0.4, -0.2) is 29.8 Å². The predicted molar refractivity (Wildman–Crippen MR) is 105 cm³/mol. The molecular weight excluding hydrogens is 348 g/mol. The highest BCUT2D eigenvalue weighted by Crippen LogP contribution is 2.20. The molecule has 1 aliphatic rings. The molecule has 1 aliphatic heterocycles. The van der Waals surface area contributed by atoms with Gasteiger partial charge in [0.05, 0.1) is 11.3 Å². The molecule has 0 unspecified atom stereocenters. The lowest BCUT2D eigenvalue weighted by Crippen LogP contribution is -2.36. The predicted octanol–water partition coefficient (Wildman–Crippen LogP) is 4.62. The van der Waals surface area contributed by atoms with Crippen molar-refractivity contribution in [2.24, 2.45) is 0 Å². The number of nitrogens with one attached hydrogen (secondary N) is 1. The number of nitrogens with zero attached hydrogens (tertiary/aromatic N) is 1. The second-order valence-corrected chi connectivity index (χ2v) is 6.65. The van der Waals surface area contributed by atoms with Gasteiger partial charge >= 0.3 is 0 Å². The SMILES string of the molecule is O=C(C=Cc1ccccc1Cl)Nc1ccccc1C(=O)N1CCCCC1. The Morgan fingerprint density at radius 1 is 0.962 bits per heavy atom. The van der Waals surface area contributed by atoms with Crippen LogP contribution in [0.25, 0.3) is 6.08 Å². The minimum Gasteiger partial charge on any atom is -0.339 e. The largest absolute Gasteiger partial charge is 0.339 e. The van der Waals surface area contributed by atoms with E-state index in [-0.39, 0.29) is 11.8 Å². The summed E-state index contributed by atoms with van der Waals surface area (Å²) in [7, 11) is 0. The Balaban J connectivity index is 1.72. The van der Waals surface area contributed by atoms with Crippen LogP contribution < -0.4 is 5.32 Å². The Morgan fingerprint density at radius 3 is 2.42 bits per heavy atom. The molecule has 134 valence electrons. The van der Waals surface area contributed by atoms with E-state index < -0.39 is 0 Å². The first-order chi connectivity index (χ1) is 12.6. The number of hydrogen-bond acceptors (Lipinski definition) is 2. The van der Waals surface area contributed by atoms with Crippen molar-refractivity contribution in [1.82, 2.24) is 4.90 Å². The Labute approximate surface area is 158 Å². The number of halogens is 1. The topological polar surface area (TPSA) is 49.4 Å². The number of anilines is 1. The number of benzene rings is 2. The fraction of sp³-hybridized carbons (Fsp3) is 0.238. The van der Waals surface area contributed by atoms with Crippen LogP contribution in [0.3, 0.4) is 0 Å². The zero-order chi connectivity index (χ0) is 18.4. The van der Waals surface area contributed by atoms with Crippen LogP contribution >= 0.6 is 11.6 Å². The number of carbonyl (C=O) groups is 2. The zero-order valence-electron chi connectivity index (χ0n) is 14.5. The molecule has 0 bridgehead atoms. The number of likely N-dealkylation sites (tertiary alicyclic amines) is 1. The van der Waals surface area contributed by atoms with Gasteiger partial charge in [0.15, 0.2) is 0 Å². The molecule has 26 heavy (non-hydrogen) atoms. The first kappa shape index (κ1) is 18.2. The van der Waals surface area contributed by atoms with E-state index in [0.717, 1.165) is 37.9 Å². The zero-order valence-corrected chi connectivity index (χ0v) is 15.2. The summed E-state index contributed by atoms with van der Waals surface area (Å²) >= 11 is 6.09. The minimum absolute atomic E-state index is 0.0318. The fourth-order valence-corrected chi connectivity index (χ4v) is 3.19. The number of piperidine rings is 1. The molecule has 0 atom stereocenters. The summed E-state index contributed by atoms with van der Waals surface area (Å²) in [6.45, 7) is 1.54. The van der Waals surface area contributed by atoms with Gasteiger partial charge in [-0.3, -0.25) is 9.59 Å². The normalized spacial score (nSPS) is 14.4. The van der Waals surface area contributed by atoms with Crippen molar-refractivity contribution in [1.29, 1.82) is 0 Å². The van der Waals surface area contributed by atoms with Crippen molar-refractivity contribution in [2.75, 3.05) is 18.4 Å². The van der Waals surface area contributed by atoms with E-state index in [0.29, 0.717) is 16.3 Å². The van der Waals surface area contributed by atoms with Gasteiger partial charge < -0.3 is 10.2 Å². The molecule has 2 aromatic rings. The van der Waals surface area contributed by atoms with Crippen molar-refractivity contribution >= 4 is 35.2 Å². The number of carbonyl (C=O) groups excluding carboxylic acids is 2.